The smallest absolute Gasteiger partial charge is 0.164 e. The predicted molar refractivity (Wildman–Crippen MR) is 212 cm³/mol. The van der Waals surface area contributed by atoms with Gasteiger partial charge in [-0.2, -0.15) is 0 Å². The van der Waals surface area contributed by atoms with E-state index in [4.69, 9.17) is 19.4 Å². The van der Waals surface area contributed by atoms with Gasteiger partial charge in [0, 0.05) is 38.4 Å². The number of para-hydroxylation sites is 1. The molecule has 0 atom stereocenters. The molecule has 2 aromatic heterocycles. The average molecular weight is 668 g/mol. The molecule has 0 unspecified atom stereocenters. The van der Waals surface area contributed by atoms with Gasteiger partial charge in [0.1, 0.15) is 11.2 Å². The van der Waals surface area contributed by atoms with Crippen LogP contribution in [0.3, 0.4) is 0 Å². The van der Waals surface area contributed by atoms with Crippen molar-refractivity contribution in [2.24, 2.45) is 0 Å². The number of fused-ring (bicyclic) bond motifs is 7. The third kappa shape index (κ3) is 4.87. The summed E-state index contributed by atoms with van der Waals surface area (Å²) in [5.41, 5.74) is 14.4. The summed E-state index contributed by atoms with van der Waals surface area (Å²) in [7, 11) is 0. The van der Waals surface area contributed by atoms with Gasteiger partial charge in [0.2, 0.25) is 0 Å². The highest BCUT2D eigenvalue weighted by Crippen LogP contribution is 2.53. The average Bonchev–Trinajstić information content (AvgIpc) is 3.70. The Morgan fingerprint density at radius 1 is 0.404 bits per heavy atom. The second kappa shape index (κ2) is 11.7. The molecular formula is C48H33N3O. The summed E-state index contributed by atoms with van der Waals surface area (Å²) < 4.78 is 6.50. The SMILES string of the molecule is CC1(C)c2cc(-c3cccc(-c4ccc(-c5nc(-c6ccccc6)nc(-c6ccccc6)n5)cc4)c3)ccc2-c2c1ccc1c2oc2ccccc21. The third-order valence-corrected chi connectivity index (χ3v) is 10.6. The van der Waals surface area contributed by atoms with Gasteiger partial charge in [-0.1, -0.05) is 159 Å². The molecule has 0 amide bonds. The maximum absolute atomic E-state index is 6.50. The Labute approximate surface area is 302 Å². The molecule has 4 nitrogen and oxygen atoms in total. The van der Waals surface area contributed by atoms with Crippen LogP contribution in [-0.2, 0) is 5.41 Å². The lowest BCUT2D eigenvalue weighted by molar-refractivity contribution is 0.653. The molecular weight excluding hydrogens is 635 g/mol. The third-order valence-electron chi connectivity index (χ3n) is 10.6. The van der Waals surface area contributed by atoms with E-state index in [0.29, 0.717) is 17.5 Å². The largest absolute Gasteiger partial charge is 0.455 e. The molecule has 2 heterocycles. The van der Waals surface area contributed by atoms with Crippen LogP contribution in [0.1, 0.15) is 25.0 Å². The summed E-state index contributed by atoms with van der Waals surface area (Å²) >= 11 is 0. The van der Waals surface area contributed by atoms with Crippen molar-refractivity contribution in [3.05, 3.63) is 175 Å². The second-order valence-electron chi connectivity index (χ2n) is 14.0. The Morgan fingerprint density at radius 2 is 0.923 bits per heavy atom. The molecule has 52 heavy (non-hydrogen) atoms. The normalized spacial score (nSPS) is 13.0. The fourth-order valence-corrected chi connectivity index (χ4v) is 7.81. The molecule has 4 heteroatoms. The predicted octanol–water partition coefficient (Wildman–Crippen LogP) is 12.4. The van der Waals surface area contributed by atoms with Crippen molar-refractivity contribution >= 4 is 21.9 Å². The Morgan fingerprint density at radius 3 is 1.60 bits per heavy atom. The van der Waals surface area contributed by atoms with Crippen LogP contribution in [0.15, 0.2) is 168 Å². The summed E-state index contributed by atoms with van der Waals surface area (Å²) in [5.74, 6) is 1.96. The van der Waals surface area contributed by atoms with E-state index in [9.17, 15) is 0 Å². The maximum atomic E-state index is 6.50. The van der Waals surface area contributed by atoms with Crippen molar-refractivity contribution in [3.8, 4) is 67.5 Å². The first kappa shape index (κ1) is 30.2. The summed E-state index contributed by atoms with van der Waals surface area (Å²) in [6.07, 6.45) is 0. The standard InChI is InChI=1S/C48H33N3O/c1-48(2)40-27-26-38-37-18-9-10-19-42(37)52-44(38)43(40)39-25-24-36(29-41(39)48)35-17-11-16-34(28-35)30-20-22-33(23-21-30)47-50-45(31-12-5-3-6-13-31)49-46(51-47)32-14-7-4-8-15-32/h3-29H,1-2H3. The van der Waals surface area contributed by atoms with Gasteiger partial charge in [0.15, 0.2) is 17.5 Å². The molecule has 0 N–H and O–H groups in total. The Kier molecular flexibility index (Phi) is 6.80. The molecule has 1 aliphatic carbocycles. The first-order chi connectivity index (χ1) is 25.5. The summed E-state index contributed by atoms with van der Waals surface area (Å²) in [6.45, 7) is 4.65. The van der Waals surface area contributed by atoms with Gasteiger partial charge >= 0.3 is 0 Å². The molecule has 0 aliphatic heterocycles. The van der Waals surface area contributed by atoms with Crippen LogP contribution >= 0.6 is 0 Å². The minimum absolute atomic E-state index is 0.156. The highest BCUT2D eigenvalue weighted by atomic mass is 16.3. The van der Waals surface area contributed by atoms with Crippen LogP contribution in [0, 0.1) is 0 Å². The number of hydrogen-bond acceptors (Lipinski definition) is 4. The first-order valence-electron chi connectivity index (χ1n) is 17.7. The first-order valence-corrected chi connectivity index (χ1v) is 17.7. The quantitative estimate of drug-likeness (QED) is 0.183. The van der Waals surface area contributed by atoms with Gasteiger partial charge in [-0.15, -0.1) is 0 Å². The fourth-order valence-electron chi connectivity index (χ4n) is 7.81. The highest BCUT2D eigenvalue weighted by molar-refractivity contribution is 6.11. The molecule has 0 saturated carbocycles. The van der Waals surface area contributed by atoms with Crippen molar-refractivity contribution in [1.82, 2.24) is 15.0 Å². The summed E-state index contributed by atoms with van der Waals surface area (Å²) in [5, 5.41) is 2.33. The van der Waals surface area contributed by atoms with Gasteiger partial charge in [0.25, 0.3) is 0 Å². The molecule has 9 aromatic rings. The molecule has 0 saturated heterocycles. The monoisotopic (exact) mass is 667 g/mol. The lowest BCUT2D eigenvalue weighted by Gasteiger charge is -2.22. The fraction of sp³-hybridized carbons (Fsp3) is 0.0625. The number of aromatic nitrogens is 3. The van der Waals surface area contributed by atoms with Crippen molar-refractivity contribution in [2.75, 3.05) is 0 Å². The Hall–Kier alpha value is -6.65. The van der Waals surface area contributed by atoms with Crippen LogP contribution in [0.2, 0.25) is 0 Å². The van der Waals surface area contributed by atoms with E-state index in [2.05, 4.69) is 111 Å². The Bertz CT molecular complexity index is 2740. The van der Waals surface area contributed by atoms with Crippen molar-refractivity contribution in [3.63, 3.8) is 0 Å². The molecule has 0 fully saturated rings. The van der Waals surface area contributed by atoms with Crippen LogP contribution in [-0.4, -0.2) is 15.0 Å². The topological polar surface area (TPSA) is 51.8 Å². The van der Waals surface area contributed by atoms with Crippen molar-refractivity contribution in [1.29, 1.82) is 0 Å². The van der Waals surface area contributed by atoms with E-state index in [1.54, 1.807) is 0 Å². The van der Waals surface area contributed by atoms with Crippen LogP contribution in [0.25, 0.3) is 89.5 Å². The minimum atomic E-state index is -0.156. The van der Waals surface area contributed by atoms with Gasteiger partial charge in [-0.3, -0.25) is 0 Å². The zero-order valence-electron chi connectivity index (χ0n) is 28.8. The lowest BCUT2D eigenvalue weighted by atomic mass is 9.81. The molecule has 1 aliphatic rings. The Balaban J connectivity index is 0.998. The van der Waals surface area contributed by atoms with E-state index >= 15 is 0 Å². The molecule has 7 aromatic carbocycles. The molecule has 246 valence electrons. The van der Waals surface area contributed by atoms with Crippen LogP contribution < -0.4 is 0 Å². The van der Waals surface area contributed by atoms with E-state index in [-0.39, 0.29) is 5.41 Å². The van der Waals surface area contributed by atoms with E-state index < -0.39 is 0 Å². The zero-order valence-corrected chi connectivity index (χ0v) is 28.8. The molecule has 0 radical (unpaired) electrons. The van der Waals surface area contributed by atoms with Gasteiger partial charge in [-0.25, -0.2) is 15.0 Å². The lowest BCUT2D eigenvalue weighted by Crippen LogP contribution is -2.14. The number of furan rings is 1. The molecule has 0 bridgehead atoms. The number of hydrogen-bond donors (Lipinski definition) is 0. The molecule has 10 rings (SSSR count). The van der Waals surface area contributed by atoms with E-state index in [0.717, 1.165) is 44.4 Å². The number of rotatable bonds is 5. The number of benzene rings is 7. The van der Waals surface area contributed by atoms with Crippen molar-refractivity contribution < 1.29 is 4.42 Å². The molecule has 0 spiro atoms. The van der Waals surface area contributed by atoms with Gasteiger partial charge in [0.05, 0.1) is 0 Å². The minimum Gasteiger partial charge on any atom is -0.455 e. The number of nitrogens with zero attached hydrogens (tertiary/aromatic N) is 3. The van der Waals surface area contributed by atoms with Crippen molar-refractivity contribution in [2.45, 2.75) is 19.3 Å². The summed E-state index contributed by atoms with van der Waals surface area (Å²) in [6, 6.07) is 57.3. The summed E-state index contributed by atoms with van der Waals surface area (Å²) in [4.78, 5) is 14.7. The van der Waals surface area contributed by atoms with Crippen LogP contribution in [0.5, 0.6) is 0 Å². The van der Waals surface area contributed by atoms with E-state index in [1.807, 2.05) is 66.7 Å². The van der Waals surface area contributed by atoms with Crippen LogP contribution in [0.4, 0.5) is 0 Å². The maximum Gasteiger partial charge on any atom is 0.164 e. The zero-order chi connectivity index (χ0) is 34.8. The van der Waals surface area contributed by atoms with Gasteiger partial charge in [-0.05, 0) is 57.1 Å². The van der Waals surface area contributed by atoms with Gasteiger partial charge < -0.3 is 4.42 Å². The second-order valence-corrected chi connectivity index (χ2v) is 14.0. The highest BCUT2D eigenvalue weighted by Gasteiger charge is 2.38. The van der Waals surface area contributed by atoms with E-state index in [1.165, 1.54) is 38.8 Å².